The molecule has 2 aliphatic rings. The molecule has 3 rings (SSSR count). The predicted octanol–water partition coefficient (Wildman–Crippen LogP) is 1.03. The average molecular weight is 276 g/mol. The first-order valence-electron chi connectivity index (χ1n) is 7.03. The molecule has 2 aliphatic heterocycles. The maximum atomic E-state index is 11.1. The Balaban J connectivity index is 1.89. The molecule has 0 saturated carbocycles. The first-order chi connectivity index (χ1) is 9.56. The summed E-state index contributed by atoms with van der Waals surface area (Å²) in [7, 11) is 2.18. The Morgan fingerprint density at radius 3 is 2.85 bits per heavy atom. The van der Waals surface area contributed by atoms with Gasteiger partial charge in [0.15, 0.2) is 11.5 Å². The Bertz CT molecular complexity index is 534. The summed E-state index contributed by atoms with van der Waals surface area (Å²) in [6.07, 6.45) is 3.52. The lowest BCUT2D eigenvalue weighted by atomic mass is 10.1. The topological polar surface area (TPSA) is 82.7 Å². The maximum Gasteiger partial charge on any atom is 0.354 e. The molecule has 2 fully saturated rings. The lowest BCUT2D eigenvalue weighted by Crippen LogP contribution is -2.37. The first-order valence-corrected chi connectivity index (χ1v) is 7.03. The van der Waals surface area contributed by atoms with Gasteiger partial charge in [-0.15, -0.1) is 0 Å². The van der Waals surface area contributed by atoms with Crippen LogP contribution in [0.2, 0.25) is 0 Å². The fraction of sp³-hybridized carbons (Fsp3) is 0.571. The minimum atomic E-state index is -1.01. The summed E-state index contributed by atoms with van der Waals surface area (Å²) in [5, 5.41) is 9.07. The van der Waals surface area contributed by atoms with Gasteiger partial charge < -0.3 is 15.7 Å². The molecule has 1 aromatic heterocycles. The lowest BCUT2D eigenvalue weighted by Gasteiger charge is -2.27. The van der Waals surface area contributed by atoms with E-state index in [1.807, 2.05) is 0 Å². The molecule has 0 aromatic carbocycles. The van der Waals surface area contributed by atoms with Gasteiger partial charge in [0.2, 0.25) is 0 Å². The number of aromatic carboxylic acids is 1. The Labute approximate surface area is 118 Å². The van der Waals surface area contributed by atoms with E-state index in [2.05, 4.69) is 21.8 Å². The van der Waals surface area contributed by atoms with E-state index in [-0.39, 0.29) is 5.69 Å². The van der Waals surface area contributed by atoms with Gasteiger partial charge in [0.05, 0.1) is 5.69 Å². The van der Waals surface area contributed by atoms with Gasteiger partial charge in [-0.3, -0.25) is 4.90 Å². The van der Waals surface area contributed by atoms with Crippen LogP contribution in [0.15, 0.2) is 12.1 Å². The molecule has 0 amide bonds. The number of anilines is 2. The van der Waals surface area contributed by atoms with Crippen LogP contribution in [-0.4, -0.2) is 53.2 Å². The Morgan fingerprint density at radius 2 is 2.10 bits per heavy atom. The number of nitrogen functional groups attached to an aromatic ring is 1. The van der Waals surface area contributed by atoms with Crippen molar-refractivity contribution in [2.45, 2.75) is 31.3 Å². The molecule has 2 saturated heterocycles. The normalized spacial score (nSPS) is 26.6. The lowest BCUT2D eigenvalue weighted by molar-refractivity contribution is 0.0690. The van der Waals surface area contributed by atoms with Crippen LogP contribution < -0.4 is 10.6 Å². The second kappa shape index (κ2) is 4.94. The minimum Gasteiger partial charge on any atom is -0.477 e. The molecular formula is C14H20N4O2. The third kappa shape index (κ3) is 2.20. The number of nitrogens with zero attached hydrogens (tertiary/aromatic N) is 3. The van der Waals surface area contributed by atoms with Crippen molar-refractivity contribution in [2.24, 2.45) is 0 Å². The summed E-state index contributed by atoms with van der Waals surface area (Å²) >= 11 is 0. The van der Waals surface area contributed by atoms with Gasteiger partial charge in [-0.2, -0.15) is 0 Å². The second-order valence-corrected chi connectivity index (χ2v) is 5.70. The number of aromatic nitrogens is 1. The number of pyridine rings is 1. The molecule has 2 atom stereocenters. The van der Waals surface area contributed by atoms with Crippen LogP contribution in [0.5, 0.6) is 0 Å². The van der Waals surface area contributed by atoms with Crippen molar-refractivity contribution >= 4 is 17.5 Å². The second-order valence-electron chi connectivity index (χ2n) is 5.70. The van der Waals surface area contributed by atoms with E-state index >= 15 is 0 Å². The first kappa shape index (κ1) is 13.2. The van der Waals surface area contributed by atoms with E-state index < -0.39 is 5.97 Å². The zero-order chi connectivity index (χ0) is 14.3. The van der Waals surface area contributed by atoms with Gasteiger partial charge in [-0.05, 0) is 38.4 Å². The van der Waals surface area contributed by atoms with E-state index in [1.165, 1.54) is 18.9 Å². The van der Waals surface area contributed by atoms with Crippen molar-refractivity contribution in [1.29, 1.82) is 0 Å². The SMILES string of the molecule is CN1C2CCC1CN(c1nc(C(=O)O)ccc1N)CC2. The number of carboxylic acid groups (broad SMARTS) is 1. The highest BCUT2D eigenvalue weighted by atomic mass is 16.4. The third-order valence-corrected chi connectivity index (χ3v) is 4.57. The highest BCUT2D eigenvalue weighted by Crippen LogP contribution is 2.31. The number of likely N-dealkylation sites (N-methyl/N-ethyl adjacent to an activating group) is 1. The molecule has 6 heteroatoms. The number of hydrogen-bond donors (Lipinski definition) is 2. The van der Waals surface area contributed by atoms with E-state index in [4.69, 9.17) is 10.8 Å². The fourth-order valence-electron chi connectivity index (χ4n) is 3.33. The van der Waals surface area contributed by atoms with Crippen LogP contribution in [0.1, 0.15) is 29.8 Å². The third-order valence-electron chi connectivity index (χ3n) is 4.57. The van der Waals surface area contributed by atoms with Crippen molar-refractivity contribution < 1.29 is 9.90 Å². The zero-order valence-electron chi connectivity index (χ0n) is 11.6. The molecule has 2 bridgehead atoms. The van der Waals surface area contributed by atoms with Crippen LogP contribution in [0.25, 0.3) is 0 Å². The van der Waals surface area contributed by atoms with Crippen LogP contribution >= 0.6 is 0 Å². The van der Waals surface area contributed by atoms with Gasteiger partial charge >= 0.3 is 5.97 Å². The molecule has 0 spiro atoms. The minimum absolute atomic E-state index is 0.0527. The van der Waals surface area contributed by atoms with Gasteiger partial charge in [-0.1, -0.05) is 0 Å². The van der Waals surface area contributed by atoms with Crippen molar-refractivity contribution in [3.05, 3.63) is 17.8 Å². The Hall–Kier alpha value is -1.82. The number of carboxylic acids is 1. The van der Waals surface area contributed by atoms with Gasteiger partial charge in [0.1, 0.15) is 0 Å². The number of nitrogens with two attached hydrogens (primary N) is 1. The van der Waals surface area contributed by atoms with E-state index in [9.17, 15) is 4.79 Å². The van der Waals surface area contributed by atoms with Gasteiger partial charge in [-0.25, -0.2) is 9.78 Å². The summed E-state index contributed by atoms with van der Waals surface area (Å²) in [6, 6.07) is 4.24. The molecule has 2 unspecified atom stereocenters. The number of rotatable bonds is 2. The Kier molecular flexibility index (Phi) is 3.25. The molecule has 20 heavy (non-hydrogen) atoms. The van der Waals surface area contributed by atoms with Crippen LogP contribution in [0.4, 0.5) is 11.5 Å². The molecule has 108 valence electrons. The average Bonchev–Trinajstić information content (AvgIpc) is 2.64. The van der Waals surface area contributed by atoms with Crippen molar-refractivity contribution in [3.8, 4) is 0 Å². The van der Waals surface area contributed by atoms with E-state index in [0.29, 0.717) is 23.6 Å². The fourth-order valence-corrected chi connectivity index (χ4v) is 3.33. The van der Waals surface area contributed by atoms with E-state index in [0.717, 1.165) is 19.5 Å². The van der Waals surface area contributed by atoms with Crippen LogP contribution in [-0.2, 0) is 0 Å². The van der Waals surface area contributed by atoms with Crippen LogP contribution in [0.3, 0.4) is 0 Å². The van der Waals surface area contributed by atoms with E-state index in [1.54, 1.807) is 6.07 Å². The molecule has 3 heterocycles. The predicted molar refractivity (Wildman–Crippen MR) is 77.0 cm³/mol. The molecule has 0 aliphatic carbocycles. The molecule has 0 radical (unpaired) electrons. The smallest absolute Gasteiger partial charge is 0.354 e. The quantitative estimate of drug-likeness (QED) is 0.839. The summed E-state index contributed by atoms with van der Waals surface area (Å²) in [5.74, 6) is -0.398. The maximum absolute atomic E-state index is 11.1. The molecular weight excluding hydrogens is 256 g/mol. The van der Waals surface area contributed by atoms with Crippen molar-refractivity contribution in [1.82, 2.24) is 9.88 Å². The van der Waals surface area contributed by atoms with Crippen molar-refractivity contribution in [2.75, 3.05) is 30.8 Å². The Morgan fingerprint density at radius 1 is 1.35 bits per heavy atom. The summed E-state index contributed by atoms with van der Waals surface area (Å²) in [4.78, 5) is 19.9. The number of carbonyl (C=O) groups is 1. The molecule has 3 N–H and O–H groups in total. The van der Waals surface area contributed by atoms with Gasteiger partial charge in [0.25, 0.3) is 0 Å². The zero-order valence-corrected chi connectivity index (χ0v) is 11.6. The highest BCUT2D eigenvalue weighted by molar-refractivity contribution is 5.87. The summed E-state index contributed by atoms with van der Waals surface area (Å²) < 4.78 is 0. The van der Waals surface area contributed by atoms with Crippen molar-refractivity contribution in [3.63, 3.8) is 0 Å². The summed E-state index contributed by atoms with van der Waals surface area (Å²) in [6.45, 7) is 1.75. The number of fused-ring (bicyclic) bond motifs is 2. The highest BCUT2D eigenvalue weighted by Gasteiger charge is 2.35. The molecule has 1 aromatic rings. The summed E-state index contributed by atoms with van der Waals surface area (Å²) in [5.41, 5.74) is 6.60. The van der Waals surface area contributed by atoms with Crippen LogP contribution in [0, 0.1) is 0 Å². The van der Waals surface area contributed by atoms with Gasteiger partial charge in [0, 0.05) is 25.2 Å². The largest absolute Gasteiger partial charge is 0.477 e. The monoisotopic (exact) mass is 276 g/mol. The number of hydrogen-bond acceptors (Lipinski definition) is 5. The standard InChI is InChI=1S/C14H20N4O2/c1-17-9-2-3-10(17)8-18(7-6-9)13-11(15)4-5-12(16-13)14(19)20/h4-5,9-10H,2-3,6-8,15H2,1H3,(H,19,20). The molecule has 6 nitrogen and oxygen atoms in total.